The molecule has 0 fully saturated rings. The summed E-state index contributed by atoms with van der Waals surface area (Å²) in [5, 5.41) is 9.65. The molecule has 1 amide bonds. The van der Waals surface area contributed by atoms with Gasteiger partial charge in [0.05, 0.1) is 5.69 Å². The third kappa shape index (κ3) is 2.25. The van der Waals surface area contributed by atoms with Crippen molar-refractivity contribution in [3.05, 3.63) is 36.3 Å². The average Bonchev–Trinajstić information content (AvgIpc) is 2.87. The second-order valence-electron chi connectivity index (χ2n) is 3.37. The van der Waals surface area contributed by atoms with E-state index in [1.165, 1.54) is 0 Å². The number of aromatic nitrogens is 3. The molecule has 2 aromatic heterocycles. The summed E-state index contributed by atoms with van der Waals surface area (Å²) in [6.07, 6.45) is 3.42. The summed E-state index contributed by atoms with van der Waals surface area (Å²) in [7, 11) is 3.37. The lowest BCUT2D eigenvalue weighted by Crippen LogP contribution is -2.18. The van der Waals surface area contributed by atoms with Crippen LogP contribution in [0.3, 0.4) is 0 Å². The number of nitrogens with one attached hydrogen (secondary N) is 2. The molecule has 0 aliphatic carbocycles. The average molecular weight is 231 g/mol. The molecule has 2 N–H and O–H groups in total. The van der Waals surface area contributed by atoms with E-state index in [9.17, 15) is 4.79 Å². The molecule has 0 bridgehead atoms. The first-order valence-corrected chi connectivity index (χ1v) is 5.16. The Kier molecular flexibility index (Phi) is 3.04. The minimum Gasteiger partial charge on any atom is -0.373 e. The van der Waals surface area contributed by atoms with Crippen molar-refractivity contribution in [2.75, 3.05) is 19.4 Å². The Morgan fingerprint density at radius 3 is 2.88 bits per heavy atom. The number of anilines is 1. The zero-order valence-electron chi connectivity index (χ0n) is 9.64. The number of nitrogens with zero attached hydrogens (tertiary/aromatic N) is 3. The minimum atomic E-state index is -0.202. The quantitative estimate of drug-likeness (QED) is 0.814. The van der Waals surface area contributed by atoms with E-state index in [2.05, 4.69) is 20.7 Å². The van der Waals surface area contributed by atoms with E-state index in [1.54, 1.807) is 37.2 Å². The Hall–Kier alpha value is -2.37. The van der Waals surface area contributed by atoms with Crippen LogP contribution in [0.2, 0.25) is 0 Å². The van der Waals surface area contributed by atoms with Crippen LogP contribution in [0, 0.1) is 0 Å². The van der Waals surface area contributed by atoms with Gasteiger partial charge in [0.2, 0.25) is 0 Å². The molecule has 0 aliphatic rings. The van der Waals surface area contributed by atoms with Crippen LogP contribution < -0.4 is 10.6 Å². The van der Waals surface area contributed by atoms with Gasteiger partial charge in [-0.3, -0.25) is 4.79 Å². The topological polar surface area (TPSA) is 71.8 Å². The SMILES string of the molecule is CNC(=O)c1ccn(-c2ccnc(NC)c2)n1. The van der Waals surface area contributed by atoms with Crippen molar-refractivity contribution in [1.29, 1.82) is 0 Å². The van der Waals surface area contributed by atoms with Gasteiger partial charge in [-0.25, -0.2) is 9.67 Å². The van der Waals surface area contributed by atoms with E-state index in [0.717, 1.165) is 11.5 Å². The summed E-state index contributed by atoms with van der Waals surface area (Å²) in [5.41, 5.74) is 1.23. The van der Waals surface area contributed by atoms with E-state index in [4.69, 9.17) is 0 Å². The van der Waals surface area contributed by atoms with E-state index in [1.807, 2.05) is 12.1 Å². The lowest BCUT2D eigenvalue weighted by atomic mass is 10.4. The van der Waals surface area contributed by atoms with Gasteiger partial charge in [-0.1, -0.05) is 0 Å². The predicted octanol–water partition coefficient (Wildman–Crippen LogP) is 0.669. The van der Waals surface area contributed by atoms with Crippen molar-refractivity contribution >= 4 is 11.7 Å². The standard InChI is InChI=1S/C11H13N5O/c1-12-10-7-8(3-5-14-10)16-6-4-9(15-16)11(17)13-2/h3-7H,1-2H3,(H,12,14)(H,13,17). The molecule has 0 saturated carbocycles. The van der Waals surface area contributed by atoms with E-state index >= 15 is 0 Å². The Bertz CT molecular complexity index is 534. The van der Waals surface area contributed by atoms with Crippen molar-refractivity contribution in [1.82, 2.24) is 20.1 Å². The zero-order valence-corrected chi connectivity index (χ0v) is 9.64. The second kappa shape index (κ2) is 4.65. The maximum Gasteiger partial charge on any atom is 0.271 e. The Morgan fingerprint density at radius 1 is 1.35 bits per heavy atom. The first kappa shape index (κ1) is 11.1. The van der Waals surface area contributed by atoms with Gasteiger partial charge in [-0.05, 0) is 12.1 Å². The minimum absolute atomic E-state index is 0.202. The van der Waals surface area contributed by atoms with E-state index in [-0.39, 0.29) is 5.91 Å². The van der Waals surface area contributed by atoms with E-state index in [0.29, 0.717) is 5.69 Å². The summed E-state index contributed by atoms with van der Waals surface area (Å²) in [4.78, 5) is 15.5. The van der Waals surface area contributed by atoms with Gasteiger partial charge in [0.15, 0.2) is 5.69 Å². The molecular weight excluding hydrogens is 218 g/mol. The smallest absolute Gasteiger partial charge is 0.271 e. The summed E-state index contributed by atoms with van der Waals surface area (Å²) >= 11 is 0. The molecule has 0 unspecified atom stereocenters. The van der Waals surface area contributed by atoms with Gasteiger partial charge in [0.1, 0.15) is 5.82 Å². The van der Waals surface area contributed by atoms with Gasteiger partial charge >= 0.3 is 0 Å². The summed E-state index contributed by atoms with van der Waals surface area (Å²) in [5.74, 6) is 0.547. The second-order valence-corrected chi connectivity index (χ2v) is 3.37. The van der Waals surface area contributed by atoms with Gasteiger partial charge in [0.25, 0.3) is 5.91 Å². The highest BCUT2D eigenvalue weighted by atomic mass is 16.1. The number of hydrogen-bond acceptors (Lipinski definition) is 4. The normalized spacial score (nSPS) is 10.0. The Balaban J connectivity index is 2.33. The molecule has 2 rings (SSSR count). The van der Waals surface area contributed by atoms with E-state index < -0.39 is 0 Å². The third-order valence-corrected chi connectivity index (χ3v) is 2.31. The van der Waals surface area contributed by atoms with Crippen molar-refractivity contribution in [2.45, 2.75) is 0 Å². The molecule has 2 aromatic rings. The largest absolute Gasteiger partial charge is 0.373 e. The lowest BCUT2D eigenvalue weighted by molar-refractivity contribution is 0.0958. The molecule has 0 atom stereocenters. The number of pyridine rings is 1. The molecule has 0 saturated heterocycles. The van der Waals surface area contributed by atoms with Crippen molar-refractivity contribution in [3.63, 3.8) is 0 Å². The summed E-state index contributed by atoms with van der Waals surface area (Å²) in [6.45, 7) is 0. The van der Waals surface area contributed by atoms with Crippen LogP contribution in [-0.2, 0) is 0 Å². The van der Waals surface area contributed by atoms with Crippen LogP contribution in [-0.4, -0.2) is 34.8 Å². The Labute approximate surface area is 98.7 Å². The van der Waals surface area contributed by atoms with Crippen LogP contribution in [0.15, 0.2) is 30.6 Å². The van der Waals surface area contributed by atoms with Crippen molar-refractivity contribution < 1.29 is 4.79 Å². The molecule has 88 valence electrons. The number of hydrogen-bond donors (Lipinski definition) is 2. The van der Waals surface area contributed by atoms with Crippen molar-refractivity contribution in [3.8, 4) is 5.69 Å². The van der Waals surface area contributed by atoms with Crippen LogP contribution in [0.5, 0.6) is 0 Å². The molecule has 6 heteroatoms. The van der Waals surface area contributed by atoms with Crippen LogP contribution in [0.4, 0.5) is 5.82 Å². The first-order valence-electron chi connectivity index (χ1n) is 5.16. The molecule has 0 radical (unpaired) electrons. The summed E-state index contributed by atoms with van der Waals surface area (Å²) < 4.78 is 1.63. The van der Waals surface area contributed by atoms with Gasteiger partial charge in [-0.15, -0.1) is 0 Å². The molecule has 0 aromatic carbocycles. The molecule has 2 heterocycles. The highest BCUT2D eigenvalue weighted by molar-refractivity contribution is 5.91. The number of amides is 1. The fourth-order valence-corrected chi connectivity index (χ4v) is 1.42. The molecule has 6 nitrogen and oxygen atoms in total. The first-order chi connectivity index (χ1) is 8.24. The highest BCUT2D eigenvalue weighted by Gasteiger charge is 2.08. The lowest BCUT2D eigenvalue weighted by Gasteiger charge is -2.03. The van der Waals surface area contributed by atoms with Gasteiger partial charge in [-0.2, -0.15) is 5.10 Å². The zero-order chi connectivity index (χ0) is 12.3. The fraction of sp³-hybridized carbons (Fsp3) is 0.182. The predicted molar refractivity (Wildman–Crippen MR) is 64.3 cm³/mol. The molecule has 0 aliphatic heterocycles. The maximum absolute atomic E-state index is 11.4. The van der Waals surface area contributed by atoms with Crippen LogP contribution >= 0.6 is 0 Å². The van der Waals surface area contributed by atoms with Crippen LogP contribution in [0.1, 0.15) is 10.5 Å². The van der Waals surface area contributed by atoms with Gasteiger partial charge < -0.3 is 10.6 Å². The number of rotatable bonds is 3. The number of carbonyl (C=O) groups excluding carboxylic acids is 1. The highest BCUT2D eigenvalue weighted by Crippen LogP contribution is 2.11. The van der Waals surface area contributed by atoms with Gasteiger partial charge in [0, 0.05) is 32.6 Å². The monoisotopic (exact) mass is 231 g/mol. The molecular formula is C11H13N5O. The number of carbonyl (C=O) groups is 1. The van der Waals surface area contributed by atoms with Crippen molar-refractivity contribution in [2.24, 2.45) is 0 Å². The molecule has 0 spiro atoms. The summed E-state index contributed by atoms with van der Waals surface area (Å²) in [6, 6.07) is 5.33. The molecule has 17 heavy (non-hydrogen) atoms. The maximum atomic E-state index is 11.4. The third-order valence-electron chi connectivity index (χ3n) is 2.31. The van der Waals surface area contributed by atoms with Crippen LogP contribution in [0.25, 0.3) is 5.69 Å². The fourth-order valence-electron chi connectivity index (χ4n) is 1.42. The Morgan fingerprint density at radius 2 is 2.18 bits per heavy atom.